The van der Waals surface area contributed by atoms with Crippen LogP contribution < -0.4 is 10.0 Å². The number of terminal acetylenes is 1. The van der Waals surface area contributed by atoms with Gasteiger partial charge in [-0.1, -0.05) is 39.2 Å². The number of thiazole rings is 1. The molecule has 0 bridgehead atoms. The molecule has 1 fully saturated rings. The van der Waals surface area contributed by atoms with Gasteiger partial charge in [-0.25, -0.2) is 9.71 Å². The third-order valence-electron chi connectivity index (χ3n) is 5.90. The van der Waals surface area contributed by atoms with Gasteiger partial charge in [-0.05, 0) is 42.4 Å². The second-order valence-corrected chi connectivity index (χ2v) is 11.2. The highest BCUT2D eigenvalue weighted by Crippen LogP contribution is 2.28. The maximum Gasteiger partial charge on any atom is 0.280 e. The number of aryl methyl sites for hydroxylation is 1. The summed E-state index contributed by atoms with van der Waals surface area (Å²) in [6, 6.07) is 6.08. The number of benzene rings is 1. The van der Waals surface area contributed by atoms with Gasteiger partial charge in [0.25, 0.3) is 10.0 Å². The lowest BCUT2D eigenvalue weighted by atomic mass is 9.84. The largest absolute Gasteiger partial charge is 0.352 e. The van der Waals surface area contributed by atoms with Crippen molar-refractivity contribution in [3.8, 4) is 11.7 Å². The Balaban J connectivity index is 1.60. The lowest BCUT2D eigenvalue weighted by Crippen LogP contribution is -2.48. The van der Waals surface area contributed by atoms with E-state index in [2.05, 4.69) is 41.0 Å². The Morgan fingerprint density at radius 3 is 2.71 bits per heavy atom. The number of hydrogen-bond acceptors (Lipinski definition) is 5. The first-order chi connectivity index (χ1) is 14.8. The van der Waals surface area contributed by atoms with Gasteiger partial charge in [0.05, 0.1) is 15.2 Å². The third-order valence-corrected chi connectivity index (χ3v) is 7.84. The molecule has 1 heterocycles. The minimum Gasteiger partial charge on any atom is -0.352 e. The molecule has 3 rings (SSSR count). The predicted molar refractivity (Wildman–Crippen MR) is 126 cm³/mol. The normalized spacial score (nSPS) is 16.3. The van der Waals surface area contributed by atoms with E-state index in [0.717, 1.165) is 40.9 Å². The average molecular weight is 462 g/mol. The first-order valence-electron chi connectivity index (χ1n) is 10.9. The minimum atomic E-state index is -3.75. The number of fused-ring (bicyclic) bond motifs is 1. The summed E-state index contributed by atoms with van der Waals surface area (Å²) in [6.45, 7) is 4.46. The second kappa shape index (κ2) is 10.6. The highest BCUT2D eigenvalue weighted by Gasteiger charge is 2.26. The van der Waals surface area contributed by atoms with Crippen molar-refractivity contribution in [3.63, 3.8) is 0 Å². The molecular weight excluding hydrogens is 430 g/mol. The zero-order valence-corrected chi connectivity index (χ0v) is 19.8. The zero-order valence-electron chi connectivity index (χ0n) is 18.2. The van der Waals surface area contributed by atoms with Gasteiger partial charge in [-0.3, -0.25) is 4.79 Å². The van der Waals surface area contributed by atoms with Crippen molar-refractivity contribution in [1.82, 2.24) is 15.0 Å². The summed E-state index contributed by atoms with van der Waals surface area (Å²) < 4.78 is 26.9. The number of aromatic nitrogens is 1. The molecule has 1 aliphatic carbocycles. The molecule has 0 aliphatic heterocycles. The van der Waals surface area contributed by atoms with E-state index in [1.165, 1.54) is 12.0 Å². The second-order valence-electron chi connectivity index (χ2n) is 8.53. The first-order valence-corrected chi connectivity index (χ1v) is 13.2. The van der Waals surface area contributed by atoms with Crippen molar-refractivity contribution >= 4 is 37.5 Å². The van der Waals surface area contributed by atoms with Gasteiger partial charge in [0.1, 0.15) is 0 Å². The average Bonchev–Trinajstić information content (AvgIpc) is 3.18. The van der Waals surface area contributed by atoms with Crippen LogP contribution in [0.2, 0.25) is 0 Å². The molecule has 1 saturated carbocycles. The fourth-order valence-corrected chi connectivity index (χ4v) is 5.57. The van der Waals surface area contributed by atoms with Crippen LogP contribution in [0.25, 0.3) is 10.2 Å². The molecule has 1 atom stereocenters. The van der Waals surface area contributed by atoms with Gasteiger partial charge in [0, 0.05) is 30.7 Å². The molecule has 8 heteroatoms. The predicted octanol–water partition coefficient (Wildman–Crippen LogP) is 3.93. The number of nitrogens with zero attached hydrogens (tertiary/aromatic N) is 1. The number of rotatable bonds is 9. The SMILES string of the molecule is C#CS(=O)(=O)NCC(NC(=O)CCc1nc2ccc(C(C)C)cc2s1)C1CCCCC1. The molecule has 1 amide bonds. The van der Waals surface area contributed by atoms with Crippen molar-refractivity contribution in [2.24, 2.45) is 5.92 Å². The summed E-state index contributed by atoms with van der Waals surface area (Å²) in [7, 11) is -3.75. The Morgan fingerprint density at radius 1 is 1.29 bits per heavy atom. The molecular formula is C23H31N3O3S2. The monoisotopic (exact) mass is 461 g/mol. The highest BCUT2D eigenvalue weighted by molar-refractivity contribution is 7.94. The van der Waals surface area contributed by atoms with E-state index in [9.17, 15) is 13.2 Å². The van der Waals surface area contributed by atoms with E-state index < -0.39 is 10.0 Å². The van der Waals surface area contributed by atoms with E-state index in [1.54, 1.807) is 16.6 Å². The Kier molecular flexibility index (Phi) is 8.09. The topological polar surface area (TPSA) is 88.2 Å². The van der Waals surface area contributed by atoms with Gasteiger partial charge in [-0.15, -0.1) is 17.8 Å². The standard InChI is InChI=1S/C23H31N3O3S2/c1-4-31(28,29)24-15-20(17-8-6-5-7-9-17)25-22(27)12-13-23-26-19-11-10-18(16(2)3)14-21(19)30-23/h1,10-11,14,16-17,20,24H,5-9,12-13,15H2,2-3H3,(H,25,27). The summed E-state index contributed by atoms with van der Waals surface area (Å²) >= 11 is 1.63. The molecule has 31 heavy (non-hydrogen) atoms. The van der Waals surface area contributed by atoms with Crippen LogP contribution in [-0.2, 0) is 21.2 Å². The van der Waals surface area contributed by atoms with Gasteiger partial charge in [0.15, 0.2) is 0 Å². The molecule has 0 saturated heterocycles. The van der Waals surface area contributed by atoms with Crippen LogP contribution in [-0.4, -0.2) is 31.9 Å². The lowest BCUT2D eigenvalue weighted by molar-refractivity contribution is -0.122. The van der Waals surface area contributed by atoms with Crippen LogP contribution in [0.1, 0.15) is 68.9 Å². The van der Waals surface area contributed by atoms with Crippen LogP contribution >= 0.6 is 11.3 Å². The number of carbonyl (C=O) groups is 1. The van der Waals surface area contributed by atoms with Gasteiger partial charge in [0.2, 0.25) is 5.91 Å². The molecule has 1 aromatic heterocycles. The number of nitrogens with one attached hydrogen (secondary N) is 2. The van der Waals surface area contributed by atoms with E-state index in [4.69, 9.17) is 6.42 Å². The van der Waals surface area contributed by atoms with Gasteiger partial charge < -0.3 is 5.32 Å². The Hall–Kier alpha value is -1.95. The van der Waals surface area contributed by atoms with Crippen LogP contribution in [0.3, 0.4) is 0 Å². The van der Waals surface area contributed by atoms with Crippen molar-refractivity contribution in [1.29, 1.82) is 0 Å². The summed E-state index contributed by atoms with van der Waals surface area (Å²) in [4.78, 5) is 17.3. The molecule has 0 radical (unpaired) electrons. The molecule has 1 unspecified atom stereocenters. The summed E-state index contributed by atoms with van der Waals surface area (Å²) in [5.41, 5.74) is 2.25. The fourth-order valence-electron chi connectivity index (χ4n) is 4.07. The zero-order chi connectivity index (χ0) is 22.4. The van der Waals surface area contributed by atoms with Crippen molar-refractivity contribution in [2.45, 2.75) is 70.8 Å². The van der Waals surface area contributed by atoms with E-state index >= 15 is 0 Å². The van der Waals surface area contributed by atoms with Crippen molar-refractivity contribution < 1.29 is 13.2 Å². The number of hydrogen-bond donors (Lipinski definition) is 2. The van der Waals surface area contributed by atoms with Crippen LogP contribution in [0.15, 0.2) is 18.2 Å². The Morgan fingerprint density at radius 2 is 2.03 bits per heavy atom. The molecule has 2 aromatic rings. The fraction of sp³-hybridized carbons (Fsp3) is 0.565. The quantitative estimate of drug-likeness (QED) is 0.554. The minimum absolute atomic E-state index is 0.0856. The first kappa shape index (κ1) is 23.7. The number of carbonyl (C=O) groups excluding carboxylic acids is 1. The summed E-state index contributed by atoms with van der Waals surface area (Å²) in [5.74, 6) is 0.636. The molecule has 6 nitrogen and oxygen atoms in total. The van der Waals surface area contributed by atoms with Gasteiger partial charge >= 0.3 is 0 Å². The Bertz CT molecular complexity index is 1050. The number of sulfonamides is 1. The molecule has 0 spiro atoms. The molecule has 1 aromatic carbocycles. The third kappa shape index (κ3) is 6.76. The van der Waals surface area contributed by atoms with Crippen LogP contribution in [0.4, 0.5) is 0 Å². The van der Waals surface area contributed by atoms with Gasteiger partial charge in [-0.2, -0.15) is 8.42 Å². The van der Waals surface area contributed by atoms with E-state index in [-0.39, 0.29) is 24.4 Å². The molecule has 1 aliphatic rings. The lowest BCUT2D eigenvalue weighted by Gasteiger charge is -2.31. The molecule has 2 N–H and O–H groups in total. The van der Waals surface area contributed by atoms with Crippen molar-refractivity contribution in [3.05, 3.63) is 28.8 Å². The van der Waals surface area contributed by atoms with E-state index in [0.29, 0.717) is 18.8 Å². The Labute approximate surface area is 189 Å². The maximum atomic E-state index is 12.7. The highest BCUT2D eigenvalue weighted by atomic mass is 32.2. The van der Waals surface area contributed by atoms with Crippen LogP contribution in [0.5, 0.6) is 0 Å². The maximum absolute atomic E-state index is 12.7. The number of amides is 1. The smallest absolute Gasteiger partial charge is 0.280 e. The summed E-state index contributed by atoms with van der Waals surface area (Å²) in [5, 5.41) is 5.76. The van der Waals surface area contributed by atoms with Crippen LogP contribution in [0, 0.1) is 17.6 Å². The van der Waals surface area contributed by atoms with E-state index in [1.807, 2.05) is 6.07 Å². The molecule has 168 valence electrons. The summed E-state index contributed by atoms with van der Waals surface area (Å²) in [6.07, 6.45) is 11.3. The van der Waals surface area contributed by atoms with Crippen molar-refractivity contribution in [2.75, 3.05) is 6.54 Å².